The maximum Gasteiger partial charge on any atom is 0.212 e. The van der Waals surface area contributed by atoms with E-state index in [0.717, 1.165) is 48.3 Å². The summed E-state index contributed by atoms with van der Waals surface area (Å²) in [6.07, 6.45) is 7.22. The molecular formula is C38H49ClN4O. The molecule has 0 aliphatic heterocycles. The van der Waals surface area contributed by atoms with E-state index in [4.69, 9.17) is 26.7 Å². The lowest BCUT2D eigenvalue weighted by Gasteiger charge is -2.53. The van der Waals surface area contributed by atoms with E-state index in [0.29, 0.717) is 12.8 Å². The number of nitrogens with zero attached hydrogens (tertiary/aromatic N) is 3. The third-order valence-electron chi connectivity index (χ3n) is 9.58. The number of hydrogen-bond acceptors (Lipinski definition) is 5. The molecule has 5 rings (SSSR count). The van der Waals surface area contributed by atoms with E-state index < -0.39 is 0 Å². The lowest BCUT2D eigenvalue weighted by atomic mass is 9.61. The van der Waals surface area contributed by atoms with E-state index in [1.165, 1.54) is 36.0 Å². The van der Waals surface area contributed by atoms with Gasteiger partial charge in [-0.2, -0.15) is 0 Å². The first-order chi connectivity index (χ1) is 21.4. The number of halogens is 1. The fourth-order valence-corrected chi connectivity index (χ4v) is 7.84. The van der Waals surface area contributed by atoms with Crippen molar-refractivity contribution < 1.29 is 4.42 Å². The van der Waals surface area contributed by atoms with Gasteiger partial charge in [0.2, 0.25) is 5.89 Å². The zero-order chi connectivity index (χ0) is 31.1. The van der Waals surface area contributed by atoms with Crippen LogP contribution in [0.3, 0.4) is 0 Å². The maximum atomic E-state index is 7.01. The van der Waals surface area contributed by atoms with Crippen LogP contribution in [-0.2, 0) is 12.8 Å². The van der Waals surface area contributed by atoms with Gasteiger partial charge in [0.25, 0.3) is 0 Å². The summed E-state index contributed by atoms with van der Waals surface area (Å²) < 4.78 is 7.01. The highest BCUT2D eigenvalue weighted by Gasteiger charge is 2.52. The largest absolute Gasteiger partial charge is 0.442 e. The Morgan fingerprint density at radius 2 is 1.41 bits per heavy atom. The molecule has 0 bridgehead atoms. The smallest absolute Gasteiger partial charge is 0.212 e. The topological polar surface area (TPSA) is 58.5 Å². The predicted octanol–water partition coefficient (Wildman–Crippen LogP) is 8.80. The predicted molar refractivity (Wildman–Crippen MR) is 182 cm³/mol. The van der Waals surface area contributed by atoms with Crippen LogP contribution in [0.5, 0.6) is 0 Å². The average molecular weight is 613 g/mol. The first kappa shape index (κ1) is 32.4. The molecule has 1 aliphatic carbocycles. The highest BCUT2D eigenvalue weighted by molar-refractivity contribution is 6.30. The van der Waals surface area contributed by atoms with Crippen molar-refractivity contribution in [1.82, 2.24) is 14.8 Å². The molecule has 1 saturated carbocycles. The Labute approximate surface area is 269 Å². The van der Waals surface area contributed by atoms with E-state index in [9.17, 15) is 0 Å². The second kappa shape index (κ2) is 14.9. The second-order valence-corrected chi connectivity index (χ2v) is 13.1. The molecule has 1 aromatic heterocycles. The molecule has 0 spiro atoms. The van der Waals surface area contributed by atoms with Crippen molar-refractivity contribution in [1.29, 1.82) is 0 Å². The van der Waals surface area contributed by atoms with Gasteiger partial charge in [-0.15, -0.1) is 0 Å². The van der Waals surface area contributed by atoms with Gasteiger partial charge in [0, 0.05) is 22.9 Å². The van der Waals surface area contributed by atoms with Gasteiger partial charge >= 0.3 is 0 Å². The Bertz CT molecular complexity index is 1430. The highest BCUT2D eigenvalue weighted by atomic mass is 35.5. The van der Waals surface area contributed by atoms with Gasteiger partial charge in [0.15, 0.2) is 0 Å². The van der Waals surface area contributed by atoms with Crippen molar-refractivity contribution in [2.24, 2.45) is 11.1 Å². The minimum absolute atomic E-state index is 0.00641. The maximum absolute atomic E-state index is 7.01. The Hall–Kier alpha value is -2.96. The van der Waals surface area contributed by atoms with Crippen molar-refractivity contribution in [3.8, 4) is 0 Å². The molecule has 0 amide bonds. The number of hydrogen-bond donors (Lipinski definition) is 1. The van der Waals surface area contributed by atoms with Crippen molar-refractivity contribution in [3.05, 3.63) is 124 Å². The van der Waals surface area contributed by atoms with E-state index in [2.05, 4.69) is 104 Å². The van der Waals surface area contributed by atoms with Gasteiger partial charge in [-0.25, -0.2) is 4.98 Å². The molecule has 3 atom stereocenters. The van der Waals surface area contributed by atoms with Gasteiger partial charge < -0.3 is 15.1 Å². The highest BCUT2D eigenvalue weighted by Crippen LogP contribution is 2.57. The number of rotatable bonds is 13. The molecule has 234 valence electrons. The van der Waals surface area contributed by atoms with E-state index >= 15 is 0 Å². The normalized spacial score (nSPS) is 17.1. The standard InChI is InChI=1S/C38H49ClN4O/c1-5-43(6-2)36(38(24-14-9-15-25-38)35(42(3)4)30-20-22-31(39)23-21-30)37-41-33(27-29-18-12-8-13-19-29)34(44-37)32(40)26-28-16-10-7-11-17-28/h7-8,10-13,16-23,32,35-36H,5-6,9,14-15,24-27,40H2,1-4H3. The zero-order valence-electron chi connectivity index (χ0n) is 26.9. The van der Waals surface area contributed by atoms with Gasteiger partial charge in [-0.1, -0.05) is 118 Å². The van der Waals surface area contributed by atoms with Crippen LogP contribution in [0.4, 0.5) is 0 Å². The lowest BCUT2D eigenvalue weighted by Crippen LogP contribution is -2.49. The molecule has 0 radical (unpaired) electrons. The van der Waals surface area contributed by atoms with Crippen LogP contribution >= 0.6 is 11.6 Å². The minimum atomic E-state index is -0.294. The van der Waals surface area contributed by atoms with E-state index in [1.807, 2.05) is 18.2 Å². The molecule has 6 heteroatoms. The first-order valence-electron chi connectivity index (χ1n) is 16.3. The number of benzene rings is 3. The summed E-state index contributed by atoms with van der Waals surface area (Å²) in [6, 6.07) is 29.3. The van der Waals surface area contributed by atoms with Crippen molar-refractivity contribution in [2.45, 2.75) is 76.9 Å². The Kier molecular flexibility index (Phi) is 11.0. The molecule has 1 fully saturated rings. The number of oxazole rings is 1. The summed E-state index contributed by atoms with van der Waals surface area (Å²) >= 11 is 6.39. The summed E-state index contributed by atoms with van der Waals surface area (Å²) in [4.78, 5) is 10.4. The van der Waals surface area contributed by atoms with Crippen molar-refractivity contribution >= 4 is 11.6 Å². The second-order valence-electron chi connectivity index (χ2n) is 12.7. The Morgan fingerprint density at radius 3 is 1.98 bits per heavy atom. The Balaban J connectivity index is 1.66. The summed E-state index contributed by atoms with van der Waals surface area (Å²) in [5.74, 6) is 1.62. The van der Waals surface area contributed by atoms with Crippen LogP contribution in [0.2, 0.25) is 5.02 Å². The third kappa shape index (κ3) is 7.13. The molecule has 3 aromatic carbocycles. The van der Waals surface area contributed by atoms with Crippen LogP contribution in [0.25, 0.3) is 0 Å². The van der Waals surface area contributed by atoms with Crippen molar-refractivity contribution in [3.63, 3.8) is 0 Å². The molecule has 0 saturated heterocycles. The van der Waals surface area contributed by atoms with Crippen LogP contribution in [0, 0.1) is 5.41 Å². The fraction of sp³-hybridized carbons (Fsp3) is 0.447. The third-order valence-corrected chi connectivity index (χ3v) is 9.83. The average Bonchev–Trinajstić information content (AvgIpc) is 3.45. The summed E-state index contributed by atoms with van der Waals surface area (Å²) in [5.41, 5.74) is 11.5. The molecule has 1 heterocycles. The first-order valence-corrected chi connectivity index (χ1v) is 16.7. The van der Waals surface area contributed by atoms with E-state index in [-0.39, 0.29) is 23.5 Å². The van der Waals surface area contributed by atoms with Gasteiger partial charge in [0.05, 0.1) is 17.8 Å². The summed E-state index contributed by atoms with van der Waals surface area (Å²) in [5, 5.41) is 0.763. The molecule has 1 aliphatic rings. The minimum Gasteiger partial charge on any atom is -0.442 e. The molecule has 4 aromatic rings. The Morgan fingerprint density at radius 1 is 0.818 bits per heavy atom. The lowest BCUT2D eigenvalue weighted by molar-refractivity contribution is -0.0439. The van der Waals surface area contributed by atoms with Gasteiger partial charge in [-0.05, 0) is 75.3 Å². The molecule has 44 heavy (non-hydrogen) atoms. The summed E-state index contributed by atoms with van der Waals surface area (Å²) in [7, 11) is 4.43. The number of nitrogens with two attached hydrogens (primary N) is 1. The molecule has 5 nitrogen and oxygen atoms in total. The zero-order valence-corrected chi connectivity index (χ0v) is 27.6. The van der Waals surface area contributed by atoms with Gasteiger partial charge in [0.1, 0.15) is 5.76 Å². The summed E-state index contributed by atoms with van der Waals surface area (Å²) in [6.45, 7) is 6.34. The SMILES string of the molecule is CCN(CC)C(c1nc(Cc2ccccc2)c(C(N)Cc2ccccc2)o1)C1(C(c2ccc(Cl)cc2)N(C)C)CCCCC1. The van der Waals surface area contributed by atoms with E-state index in [1.54, 1.807) is 0 Å². The molecule has 2 N–H and O–H groups in total. The molecule has 3 unspecified atom stereocenters. The van der Waals surface area contributed by atoms with Gasteiger partial charge in [-0.3, -0.25) is 4.90 Å². The molecular weight excluding hydrogens is 564 g/mol. The monoisotopic (exact) mass is 612 g/mol. The van der Waals surface area contributed by atoms with Crippen molar-refractivity contribution in [2.75, 3.05) is 27.2 Å². The number of aromatic nitrogens is 1. The van der Waals surface area contributed by atoms with Crippen LogP contribution in [-0.4, -0.2) is 42.0 Å². The van der Waals surface area contributed by atoms with Crippen LogP contribution < -0.4 is 5.73 Å². The van der Waals surface area contributed by atoms with Crippen LogP contribution in [0.1, 0.15) is 98.1 Å². The quantitative estimate of drug-likeness (QED) is 0.163. The fourth-order valence-electron chi connectivity index (χ4n) is 7.72. The van der Waals surface area contributed by atoms with Crippen LogP contribution in [0.15, 0.2) is 89.3 Å².